The van der Waals surface area contributed by atoms with Crippen LogP contribution in [0.1, 0.15) is 22.2 Å². The molecule has 7 heteroatoms. The molecule has 2 aromatic carbocycles. The summed E-state index contributed by atoms with van der Waals surface area (Å²) in [6.45, 7) is 2.12. The van der Waals surface area contributed by atoms with E-state index in [2.05, 4.69) is 4.98 Å². The molecule has 134 valence electrons. The Bertz CT molecular complexity index is 892. The van der Waals surface area contributed by atoms with Gasteiger partial charge in [0.25, 0.3) is 0 Å². The summed E-state index contributed by atoms with van der Waals surface area (Å²) in [5, 5.41) is 1.66. The quantitative estimate of drug-likeness (QED) is 0.479. The standard InChI is InChI=1S/C19H15Cl2NO3S/c1-2-24-19(23)16-17(22-18(26-16)12-7-4-3-5-8-12)25-11-13-14(20)9-6-10-15(13)21/h3-10H,2,11H2,1H3. The molecule has 0 fully saturated rings. The van der Waals surface area contributed by atoms with Gasteiger partial charge in [-0.15, -0.1) is 11.3 Å². The van der Waals surface area contributed by atoms with Crippen molar-refractivity contribution in [1.29, 1.82) is 0 Å². The first-order chi connectivity index (χ1) is 12.6. The molecule has 0 amide bonds. The SMILES string of the molecule is CCOC(=O)c1sc(-c2ccccc2)nc1OCc1c(Cl)cccc1Cl. The minimum absolute atomic E-state index is 0.100. The summed E-state index contributed by atoms with van der Waals surface area (Å²) in [5.74, 6) is -0.254. The predicted octanol–water partition coefficient (Wildman–Crippen LogP) is 5.87. The topological polar surface area (TPSA) is 48.4 Å². The third kappa shape index (κ3) is 4.18. The number of carbonyl (C=O) groups is 1. The number of esters is 1. The van der Waals surface area contributed by atoms with Crippen molar-refractivity contribution in [3.8, 4) is 16.5 Å². The Labute approximate surface area is 165 Å². The number of aromatic nitrogens is 1. The van der Waals surface area contributed by atoms with Crippen LogP contribution in [0.2, 0.25) is 10.0 Å². The molecule has 0 saturated carbocycles. The van der Waals surface area contributed by atoms with Crippen molar-refractivity contribution in [2.24, 2.45) is 0 Å². The number of benzene rings is 2. The molecular weight excluding hydrogens is 393 g/mol. The minimum Gasteiger partial charge on any atom is -0.471 e. The lowest BCUT2D eigenvalue weighted by molar-refractivity contribution is 0.0526. The second-order valence-corrected chi connectivity index (χ2v) is 7.04. The first-order valence-corrected chi connectivity index (χ1v) is 9.46. The molecule has 0 bridgehead atoms. The summed E-state index contributed by atoms with van der Waals surface area (Å²) in [6.07, 6.45) is 0. The first-order valence-electron chi connectivity index (χ1n) is 7.89. The lowest BCUT2D eigenvalue weighted by atomic mass is 10.2. The largest absolute Gasteiger partial charge is 0.471 e. The Balaban J connectivity index is 1.91. The smallest absolute Gasteiger partial charge is 0.354 e. The summed E-state index contributed by atoms with van der Waals surface area (Å²) in [6, 6.07) is 14.8. The summed E-state index contributed by atoms with van der Waals surface area (Å²) < 4.78 is 10.9. The molecular formula is C19H15Cl2NO3S. The molecule has 0 spiro atoms. The van der Waals surface area contributed by atoms with Gasteiger partial charge in [0, 0.05) is 21.2 Å². The second-order valence-electron chi connectivity index (χ2n) is 5.23. The summed E-state index contributed by atoms with van der Waals surface area (Å²) in [7, 11) is 0. The van der Waals surface area contributed by atoms with E-state index in [0.29, 0.717) is 25.5 Å². The summed E-state index contributed by atoms with van der Waals surface area (Å²) >= 11 is 13.6. The van der Waals surface area contributed by atoms with E-state index < -0.39 is 5.97 Å². The van der Waals surface area contributed by atoms with Gasteiger partial charge in [-0.25, -0.2) is 9.78 Å². The van der Waals surface area contributed by atoms with Crippen molar-refractivity contribution >= 4 is 40.5 Å². The van der Waals surface area contributed by atoms with Gasteiger partial charge in [-0.1, -0.05) is 59.6 Å². The molecule has 1 aromatic heterocycles. The van der Waals surface area contributed by atoms with Crippen LogP contribution in [-0.4, -0.2) is 17.6 Å². The van der Waals surface area contributed by atoms with E-state index in [4.69, 9.17) is 32.7 Å². The van der Waals surface area contributed by atoms with Gasteiger partial charge in [-0.2, -0.15) is 0 Å². The normalized spacial score (nSPS) is 10.6. The predicted molar refractivity (Wildman–Crippen MR) is 104 cm³/mol. The van der Waals surface area contributed by atoms with E-state index in [1.807, 2.05) is 30.3 Å². The average molecular weight is 408 g/mol. The third-order valence-corrected chi connectivity index (χ3v) is 5.27. The highest BCUT2D eigenvalue weighted by Gasteiger charge is 2.22. The van der Waals surface area contributed by atoms with Crippen molar-refractivity contribution in [3.05, 3.63) is 69.0 Å². The van der Waals surface area contributed by atoms with Gasteiger partial charge in [-0.3, -0.25) is 0 Å². The highest BCUT2D eigenvalue weighted by molar-refractivity contribution is 7.17. The zero-order valence-electron chi connectivity index (χ0n) is 13.9. The van der Waals surface area contributed by atoms with Crippen LogP contribution in [0, 0.1) is 0 Å². The van der Waals surface area contributed by atoms with E-state index in [0.717, 1.165) is 5.56 Å². The maximum absolute atomic E-state index is 12.3. The molecule has 1 heterocycles. The number of ether oxygens (including phenoxy) is 2. The molecule has 0 saturated heterocycles. The van der Waals surface area contributed by atoms with Crippen molar-refractivity contribution in [3.63, 3.8) is 0 Å². The Morgan fingerprint density at radius 1 is 1.08 bits per heavy atom. The molecule has 0 aliphatic heterocycles. The fraction of sp³-hybridized carbons (Fsp3) is 0.158. The minimum atomic E-state index is -0.465. The maximum Gasteiger partial charge on any atom is 0.354 e. The highest BCUT2D eigenvalue weighted by atomic mass is 35.5. The molecule has 0 radical (unpaired) electrons. The third-order valence-electron chi connectivity index (χ3n) is 3.49. The molecule has 0 unspecified atom stereocenters. The maximum atomic E-state index is 12.3. The monoisotopic (exact) mass is 407 g/mol. The van der Waals surface area contributed by atoms with Crippen LogP contribution in [0.15, 0.2) is 48.5 Å². The van der Waals surface area contributed by atoms with Crippen LogP contribution in [0.3, 0.4) is 0 Å². The van der Waals surface area contributed by atoms with E-state index in [1.165, 1.54) is 11.3 Å². The number of hydrogen-bond donors (Lipinski definition) is 0. The van der Waals surface area contributed by atoms with E-state index in [9.17, 15) is 4.79 Å². The number of rotatable bonds is 6. The number of halogens is 2. The first kappa shape index (κ1) is 18.7. The lowest BCUT2D eigenvalue weighted by Crippen LogP contribution is -2.06. The van der Waals surface area contributed by atoms with Crippen LogP contribution in [0.5, 0.6) is 5.88 Å². The van der Waals surface area contributed by atoms with Crippen molar-refractivity contribution in [1.82, 2.24) is 4.98 Å². The Morgan fingerprint density at radius 2 is 1.77 bits per heavy atom. The molecule has 4 nitrogen and oxygen atoms in total. The molecule has 3 aromatic rings. The fourth-order valence-corrected chi connectivity index (χ4v) is 3.66. The van der Waals surface area contributed by atoms with Crippen molar-refractivity contribution in [2.75, 3.05) is 6.61 Å². The van der Waals surface area contributed by atoms with E-state index in [1.54, 1.807) is 25.1 Å². The summed E-state index contributed by atoms with van der Waals surface area (Å²) in [4.78, 5) is 17.1. The van der Waals surface area contributed by atoms with Crippen LogP contribution in [0.4, 0.5) is 0 Å². The molecule has 0 aliphatic carbocycles. The zero-order valence-corrected chi connectivity index (χ0v) is 16.2. The van der Waals surface area contributed by atoms with Gasteiger partial charge in [0.2, 0.25) is 5.88 Å². The highest BCUT2D eigenvalue weighted by Crippen LogP contribution is 2.34. The van der Waals surface area contributed by atoms with Gasteiger partial charge in [0.1, 0.15) is 11.6 Å². The second kappa shape index (κ2) is 8.54. The lowest BCUT2D eigenvalue weighted by Gasteiger charge is -2.08. The van der Waals surface area contributed by atoms with Gasteiger partial charge < -0.3 is 9.47 Å². The Morgan fingerprint density at radius 3 is 2.42 bits per heavy atom. The van der Waals surface area contributed by atoms with Crippen LogP contribution >= 0.6 is 34.5 Å². The van der Waals surface area contributed by atoms with E-state index in [-0.39, 0.29) is 19.1 Å². The van der Waals surface area contributed by atoms with Crippen LogP contribution < -0.4 is 4.74 Å². The van der Waals surface area contributed by atoms with Crippen LogP contribution in [-0.2, 0) is 11.3 Å². The average Bonchev–Trinajstić information content (AvgIpc) is 3.07. The molecule has 3 rings (SSSR count). The number of nitrogens with zero attached hydrogens (tertiary/aromatic N) is 1. The van der Waals surface area contributed by atoms with E-state index >= 15 is 0 Å². The van der Waals surface area contributed by atoms with Gasteiger partial charge in [-0.05, 0) is 19.1 Å². The fourth-order valence-electron chi connectivity index (χ4n) is 2.24. The van der Waals surface area contributed by atoms with Gasteiger partial charge >= 0.3 is 5.97 Å². The number of hydrogen-bond acceptors (Lipinski definition) is 5. The van der Waals surface area contributed by atoms with Gasteiger partial charge in [0.15, 0.2) is 4.88 Å². The molecule has 0 atom stereocenters. The Hall–Kier alpha value is -2.08. The number of carbonyl (C=O) groups excluding carboxylic acids is 1. The Kier molecular flexibility index (Phi) is 6.14. The molecule has 26 heavy (non-hydrogen) atoms. The van der Waals surface area contributed by atoms with Crippen molar-refractivity contribution in [2.45, 2.75) is 13.5 Å². The van der Waals surface area contributed by atoms with Crippen LogP contribution in [0.25, 0.3) is 10.6 Å². The van der Waals surface area contributed by atoms with Crippen molar-refractivity contribution < 1.29 is 14.3 Å². The molecule has 0 N–H and O–H groups in total. The zero-order chi connectivity index (χ0) is 18.5. The number of thiazole rings is 1. The summed E-state index contributed by atoms with van der Waals surface area (Å²) in [5.41, 5.74) is 1.54. The molecule has 0 aliphatic rings. The van der Waals surface area contributed by atoms with Gasteiger partial charge in [0.05, 0.1) is 6.61 Å².